The van der Waals surface area contributed by atoms with Gasteiger partial charge >= 0.3 is 0 Å². The molecule has 0 heterocycles. The fourth-order valence-corrected chi connectivity index (χ4v) is 6.04. The van der Waals surface area contributed by atoms with Gasteiger partial charge in [-0.2, -0.15) is 0 Å². The van der Waals surface area contributed by atoms with E-state index in [2.05, 4.69) is 5.32 Å². The summed E-state index contributed by atoms with van der Waals surface area (Å²) in [6.07, 6.45) is 0.337. The first kappa shape index (κ1) is 30.2. The lowest BCUT2D eigenvalue weighted by molar-refractivity contribution is -0.140. The van der Waals surface area contributed by atoms with Gasteiger partial charge in [0.15, 0.2) is 0 Å². The Morgan fingerprint density at radius 1 is 0.923 bits per heavy atom. The number of halogens is 1. The van der Waals surface area contributed by atoms with Gasteiger partial charge in [0.25, 0.3) is 10.0 Å². The Hall–Kier alpha value is -3.36. The van der Waals surface area contributed by atoms with Crippen LogP contribution >= 0.6 is 11.6 Å². The summed E-state index contributed by atoms with van der Waals surface area (Å²) in [6, 6.07) is 19.5. The molecule has 1 N–H and O–H groups in total. The molecule has 39 heavy (non-hydrogen) atoms. The zero-order valence-corrected chi connectivity index (χ0v) is 24.6. The Bertz CT molecular complexity index is 1410. The van der Waals surface area contributed by atoms with Crippen molar-refractivity contribution >= 4 is 39.1 Å². The summed E-state index contributed by atoms with van der Waals surface area (Å²) in [5.41, 5.74) is 2.70. The van der Waals surface area contributed by atoms with Crippen LogP contribution in [0.3, 0.4) is 0 Å². The van der Waals surface area contributed by atoms with Crippen LogP contribution in [-0.2, 0) is 26.2 Å². The minimum atomic E-state index is -4.12. The summed E-state index contributed by atoms with van der Waals surface area (Å²) in [5, 5.41) is 3.35. The van der Waals surface area contributed by atoms with E-state index in [1.54, 1.807) is 54.6 Å². The summed E-state index contributed by atoms with van der Waals surface area (Å²) in [5.74, 6) is -0.821. The maximum absolute atomic E-state index is 14.1. The normalized spacial score (nSPS) is 12.2. The molecule has 0 fully saturated rings. The minimum Gasteiger partial charge on any atom is -0.352 e. The van der Waals surface area contributed by atoms with E-state index >= 15 is 0 Å². The first-order valence-corrected chi connectivity index (χ1v) is 14.8. The Morgan fingerprint density at radius 2 is 1.56 bits per heavy atom. The van der Waals surface area contributed by atoms with Gasteiger partial charge in [0.05, 0.1) is 10.6 Å². The molecular formula is C30H36ClN3O4S. The SMILES string of the molecule is CC[C@H](C(=O)NC(C)C)N(Cc1ccccc1Cl)C(=O)CN(c1cccc(C)c1C)S(=O)(=O)c1ccccc1. The molecule has 9 heteroatoms. The topological polar surface area (TPSA) is 86.8 Å². The van der Waals surface area contributed by atoms with Crippen LogP contribution in [0.4, 0.5) is 5.69 Å². The van der Waals surface area contributed by atoms with Gasteiger partial charge in [0.1, 0.15) is 12.6 Å². The highest BCUT2D eigenvalue weighted by Crippen LogP contribution is 2.29. The maximum Gasteiger partial charge on any atom is 0.264 e. The van der Waals surface area contributed by atoms with Crippen LogP contribution < -0.4 is 9.62 Å². The Kier molecular flexibility index (Phi) is 10.2. The van der Waals surface area contributed by atoms with Crippen molar-refractivity contribution in [3.8, 4) is 0 Å². The van der Waals surface area contributed by atoms with Crippen molar-refractivity contribution in [1.82, 2.24) is 10.2 Å². The van der Waals surface area contributed by atoms with Gasteiger partial charge in [-0.25, -0.2) is 8.42 Å². The van der Waals surface area contributed by atoms with Crippen LogP contribution in [0.5, 0.6) is 0 Å². The molecule has 3 aromatic rings. The number of carbonyl (C=O) groups excluding carboxylic acids is 2. The maximum atomic E-state index is 14.1. The van der Waals surface area contributed by atoms with Crippen LogP contribution in [0.25, 0.3) is 0 Å². The zero-order chi connectivity index (χ0) is 28.7. The second kappa shape index (κ2) is 13.1. The molecule has 0 aliphatic rings. The second-order valence-electron chi connectivity index (χ2n) is 9.74. The van der Waals surface area contributed by atoms with E-state index in [9.17, 15) is 18.0 Å². The lowest BCUT2D eigenvalue weighted by Crippen LogP contribution is -2.53. The molecule has 0 saturated carbocycles. The number of rotatable bonds is 11. The summed E-state index contributed by atoms with van der Waals surface area (Å²) in [7, 11) is -4.12. The Labute approximate surface area is 236 Å². The fourth-order valence-electron chi connectivity index (χ4n) is 4.35. The van der Waals surface area contributed by atoms with Gasteiger partial charge in [-0.15, -0.1) is 0 Å². The predicted molar refractivity (Wildman–Crippen MR) is 156 cm³/mol. The van der Waals surface area contributed by atoms with Crippen molar-refractivity contribution in [2.24, 2.45) is 0 Å². The number of nitrogens with zero attached hydrogens (tertiary/aromatic N) is 2. The van der Waals surface area contributed by atoms with E-state index in [0.717, 1.165) is 15.4 Å². The average molecular weight is 570 g/mol. The molecule has 0 saturated heterocycles. The lowest BCUT2D eigenvalue weighted by Gasteiger charge is -2.34. The third kappa shape index (κ3) is 7.19. The number of sulfonamides is 1. The van der Waals surface area contributed by atoms with Gasteiger partial charge in [-0.3, -0.25) is 13.9 Å². The van der Waals surface area contributed by atoms with E-state index in [1.807, 2.05) is 40.7 Å². The third-order valence-electron chi connectivity index (χ3n) is 6.57. The predicted octanol–water partition coefficient (Wildman–Crippen LogP) is 5.48. The van der Waals surface area contributed by atoms with Crippen molar-refractivity contribution in [2.75, 3.05) is 10.8 Å². The fraction of sp³-hybridized carbons (Fsp3) is 0.333. The summed E-state index contributed by atoms with van der Waals surface area (Å²) in [6.45, 7) is 8.79. The largest absolute Gasteiger partial charge is 0.352 e. The molecule has 2 amide bonds. The molecule has 0 aromatic heterocycles. The molecule has 0 spiro atoms. The second-order valence-corrected chi connectivity index (χ2v) is 12.0. The number of hydrogen-bond acceptors (Lipinski definition) is 4. The van der Waals surface area contributed by atoms with Gasteiger partial charge in [-0.05, 0) is 75.1 Å². The van der Waals surface area contributed by atoms with Gasteiger partial charge in [-0.1, -0.05) is 67.1 Å². The lowest BCUT2D eigenvalue weighted by atomic mass is 10.1. The molecule has 3 aromatic carbocycles. The molecule has 0 radical (unpaired) electrons. The van der Waals surface area contributed by atoms with Crippen molar-refractivity contribution in [3.05, 3.63) is 94.5 Å². The molecule has 7 nitrogen and oxygen atoms in total. The molecule has 0 bridgehead atoms. The Morgan fingerprint density at radius 3 is 2.18 bits per heavy atom. The van der Waals surface area contributed by atoms with E-state index < -0.39 is 28.5 Å². The van der Waals surface area contributed by atoms with Gasteiger partial charge in [0, 0.05) is 17.6 Å². The van der Waals surface area contributed by atoms with Crippen molar-refractivity contribution < 1.29 is 18.0 Å². The number of amides is 2. The van der Waals surface area contributed by atoms with Crippen LogP contribution in [0.1, 0.15) is 43.9 Å². The number of hydrogen-bond donors (Lipinski definition) is 1. The molecule has 0 unspecified atom stereocenters. The van der Waals surface area contributed by atoms with E-state index in [0.29, 0.717) is 22.7 Å². The van der Waals surface area contributed by atoms with Crippen molar-refractivity contribution in [1.29, 1.82) is 0 Å². The smallest absolute Gasteiger partial charge is 0.264 e. The van der Waals surface area contributed by atoms with Crippen LogP contribution in [0, 0.1) is 13.8 Å². The molecule has 0 aliphatic carbocycles. The quantitative estimate of drug-likeness (QED) is 0.331. The van der Waals surface area contributed by atoms with Gasteiger partial charge < -0.3 is 10.2 Å². The van der Waals surface area contributed by atoms with Crippen molar-refractivity contribution in [2.45, 2.75) is 64.6 Å². The first-order valence-electron chi connectivity index (χ1n) is 12.9. The van der Waals surface area contributed by atoms with E-state index in [-0.39, 0.29) is 23.4 Å². The van der Waals surface area contributed by atoms with Crippen molar-refractivity contribution in [3.63, 3.8) is 0 Å². The highest BCUT2D eigenvalue weighted by Gasteiger charge is 2.34. The monoisotopic (exact) mass is 569 g/mol. The number of aryl methyl sites for hydroxylation is 1. The summed E-state index contributed by atoms with van der Waals surface area (Å²) < 4.78 is 29.0. The number of carbonyl (C=O) groups is 2. The van der Waals surface area contributed by atoms with E-state index in [1.165, 1.54) is 17.0 Å². The minimum absolute atomic E-state index is 0.0502. The standard InChI is InChI=1S/C30H36ClN3O4S/c1-6-27(30(36)32-21(2)3)33(19-24-14-10-11-17-26(24)31)29(35)20-34(28-18-12-13-22(4)23(28)5)39(37,38)25-15-8-7-9-16-25/h7-18,21,27H,6,19-20H2,1-5H3,(H,32,36)/t27-/m1/s1. The molecule has 3 rings (SSSR count). The van der Waals surface area contributed by atoms with Crippen LogP contribution in [-0.4, -0.2) is 43.8 Å². The van der Waals surface area contributed by atoms with Crippen LogP contribution in [0.2, 0.25) is 5.02 Å². The highest BCUT2D eigenvalue weighted by molar-refractivity contribution is 7.92. The molecular weight excluding hydrogens is 534 g/mol. The van der Waals surface area contributed by atoms with Gasteiger partial charge in [0.2, 0.25) is 11.8 Å². The first-order chi connectivity index (χ1) is 18.5. The highest BCUT2D eigenvalue weighted by atomic mass is 35.5. The molecule has 208 valence electrons. The Balaban J connectivity index is 2.11. The van der Waals surface area contributed by atoms with Crippen LogP contribution in [0.15, 0.2) is 77.7 Å². The average Bonchev–Trinajstić information content (AvgIpc) is 2.90. The third-order valence-corrected chi connectivity index (χ3v) is 8.71. The number of benzene rings is 3. The summed E-state index contributed by atoms with van der Waals surface area (Å²) in [4.78, 5) is 28.8. The van der Waals surface area contributed by atoms with E-state index in [4.69, 9.17) is 11.6 Å². The number of nitrogens with one attached hydrogen (secondary N) is 1. The molecule has 0 aliphatic heterocycles. The molecule has 1 atom stereocenters. The summed E-state index contributed by atoms with van der Waals surface area (Å²) >= 11 is 6.43. The number of anilines is 1. The zero-order valence-electron chi connectivity index (χ0n) is 23.0.